The van der Waals surface area contributed by atoms with Crippen LogP contribution in [0.1, 0.15) is 32.6 Å². The molecule has 2 aliphatic rings. The van der Waals surface area contributed by atoms with E-state index in [-0.39, 0.29) is 5.97 Å². The van der Waals surface area contributed by atoms with Crippen LogP contribution in [0.3, 0.4) is 0 Å². The summed E-state index contributed by atoms with van der Waals surface area (Å²) in [6, 6.07) is 0. The van der Waals surface area contributed by atoms with Gasteiger partial charge in [-0.05, 0) is 38.3 Å². The van der Waals surface area contributed by atoms with E-state index in [1.807, 2.05) is 0 Å². The van der Waals surface area contributed by atoms with Crippen molar-refractivity contribution in [3.8, 4) is 0 Å². The van der Waals surface area contributed by atoms with E-state index in [9.17, 15) is 4.79 Å². The van der Waals surface area contributed by atoms with Gasteiger partial charge in [-0.2, -0.15) is 0 Å². The number of nitrogens with one attached hydrogen (secondary N) is 1. The Bertz CT molecular complexity index is 318. The number of rotatable bonds is 6. The van der Waals surface area contributed by atoms with Gasteiger partial charge < -0.3 is 14.8 Å². The lowest BCUT2D eigenvalue weighted by Gasteiger charge is -2.35. The number of morpholine rings is 1. The molecular weight excluding hydrogens is 256 g/mol. The monoisotopic (exact) mass is 284 g/mol. The summed E-state index contributed by atoms with van der Waals surface area (Å²) in [5.74, 6) is 0.307. The van der Waals surface area contributed by atoms with Crippen LogP contribution < -0.4 is 5.32 Å². The van der Waals surface area contributed by atoms with E-state index in [1.54, 1.807) is 0 Å². The Hall–Kier alpha value is -0.650. The van der Waals surface area contributed by atoms with Crippen molar-refractivity contribution in [2.75, 3.05) is 46.5 Å². The third-order valence-corrected chi connectivity index (χ3v) is 4.76. The molecule has 1 N–H and O–H groups in total. The maximum Gasteiger partial charge on any atom is 0.326 e. The highest BCUT2D eigenvalue weighted by atomic mass is 16.5. The van der Waals surface area contributed by atoms with Crippen LogP contribution in [-0.4, -0.2) is 62.9 Å². The molecule has 1 heterocycles. The van der Waals surface area contributed by atoms with Gasteiger partial charge in [-0.1, -0.05) is 13.3 Å². The van der Waals surface area contributed by atoms with Crippen LogP contribution in [0.2, 0.25) is 0 Å². The van der Waals surface area contributed by atoms with Crippen molar-refractivity contribution >= 4 is 5.97 Å². The minimum Gasteiger partial charge on any atom is -0.468 e. The summed E-state index contributed by atoms with van der Waals surface area (Å²) in [6.45, 7) is 7.61. The maximum absolute atomic E-state index is 12.3. The molecule has 1 saturated carbocycles. The van der Waals surface area contributed by atoms with Crippen LogP contribution in [0.25, 0.3) is 0 Å². The van der Waals surface area contributed by atoms with Gasteiger partial charge in [-0.25, -0.2) is 0 Å². The minimum atomic E-state index is -0.449. The van der Waals surface area contributed by atoms with Crippen molar-refractivity contribution < 1.29 is 14.3 Å². The summed E-state index contributed by atoms with van der Waals surface area (Å²) in [5.41, 5.74) is -0.449. The Morgan fingerprint density at radius 1 is 1.45 bits per heavy atom. The van der Waals surface area contributed by atoms with Gasteiger partial charge in [0.25, 0.3) is 0 Å². The SMILES string of the molecule is CCNC1(C(=O)OC)CCCC1CCN1CCOCC1. The molecule has 2 unspecified atom stereocenters. The molecule has 0 spiro atoms. The first-order chi connectivity index (χ1) is 9.73. The molecule has 5 heteroatoms. The van der Waals surface area contributed by atoms with E-state index in [4.69, 9.17) is 9.47 Å². The molecule has 20 heavy (non-hydrogen) atoms. The van der Waals surface area contributed by atoms with Gasteiger partial charge in [0.15, 0.2) is 0 Å². The van der Waals surface area contributed by atoms with Crippen molar-refractivity contribution in [1.29, 1.82) is 0 Å². The molecule has 0 radical (unpaired) electrons. The minimum absolute atomic E-state index is 0.0798. The normalized spacial score (nSPS) is 31.4. The Labute approximate surface area is 122 Å². The zero-order valence-electron chi connectivity index (χ0n) is 12.8. The maximum atomic E-state index is 12.3. The highest BCUT2D eigenvalue weighted by Crippen LogP contribution is 2.39. The quantitative estimate of drug-likeness (QED) is 0.738. The number of hydrogen-bond donors (Lipinski definition) is 1. The molecule has 0 aromatic heterocycles. The second kappa shape index (κ2) is 7.38. The predicted molar refractivity (Wildman–Crippen MR) is 77.6 cm³/mol. The van der Waals surface area contributed by atoms with Gasteiger partial charge in [-0.3, -0.25) is 9.69 Å². The molecule has 116 valence electrons. The molecule has 0 aromatic rings. The van der Waals surface area contributed by atoms with E-state index in [0.717, 1.165) is 65.1 Å². The van der Waals surface area contributed by atoms with E-state index in [1.165, 1.54) is 7.11 Å². The fourth-order valence-corrected chi connectivity index (χ4v) is 3.70. The number of nitrogens with zero attached hydrogens (tertiary/aromatic N) is 1. The second-order valence-corrected chi connectivity index (χ2v) is 5.83. The van der Waals surface area contributed by atoms with Crippen molar-refractivity contribution in [1.82, 2.24) is 10.2 Å². The second-order valence-electron chi connectivity index (χ2n) is 5.83. The number of carbonyl (C=O) groups excluding carboxylic acids is 1. The predicted octanol–water partition coefficient (Wildman–Crippen LogP) is 1.03. The number of methoxy groups -OCH3 is 1. The molecule has 1 aliphatic heterocycles. The lowest BCUT2D eigenvalue weighted by Crippen LogP contribution is -2.56. The summed E-state index contributed by atoms with van der Waals surface area (Å²) in [4.78, 5) is 14.7. The smallest absolute Gasteiger partial charge is 0.326 e. The lowest BCUT2D eigenvalue weighted by molar-refractivity contribution is -0.150. The molecular formula is C15H28N2O3. The zero-order valence-corrected chi connectivity index (χ0v) is 12.8. The Kier molecular flexibility index (Phi) is 5.81. The van der Waals surface area contributed by atoms with Crippen LogP contribution in [-0.2, 0) is 14.3 Å². The van der Waals surface area contributed by atoms with Gasteiger partial charge >= 0.3 is 5.97 Å². The summed E-state index contributed by atoms with van der Waals surface area (Å²) < 4.78 is 10.5. The molecule has 1 saturated heterocycles. The molecule has 2 fully saturated rings. The largest absolute Gasteiger partial charge is 0.468 e. The van der Waals surface area contributed by atoms with Crippen molar-refractivity contribution in [2.45, 2.75) is 38.1 Å². The topological polar surface area (TPSA) is 50.8 Å². The molecule has 0 aromatic carbocycles. The number of ether oxygens (including phenoxy) is 2. The van der Waals surface area contributed by atoms with Crippen LogP contribution >= 0.6 is 0 Å². The van der Waals surface area contributed by atoms with Gasteiger partial charge in [0, 0.05) is 13.1 Å². The van der Waals surface area contributed by atoms with Crippen molar-refractivity contribution in [2.24, 2.45) is 5.92 Å². The molecule has 1 aliphatic carbocycles. The first-order valence-corrected chi connectivity index (χ1v) is 7.86. The first kappa shape index (κ1) is 15.7. The van der Waals surface area contributed by atoms with Gasteiger partial charge in [0.1, 0.15) is 5.54 Å². The van der Waals surface area contributed by atoms with Gasteiger partial charge in [0.2, 0.25) is 0 Å². The summed E-state index contributed by atoms with van der Waals surface area (Å²) in [5, 5.41) is 3.43. The third-order valence-electron chi connectivity index (χ3n) is 4.76. The van der Waals surface area contributed by atoms with E-state index < -0.39 is 5.54 Å². The van der Waals surface area contributed by atoms with Crippen LogP contribution in [0.15, 0.2) is 0 Å². The fourth-order valence-electron chi connectivity index (χ4n) is 3.70. The first-order valence-electron chi connectivity index (χ1n) is 7.86. The fraction of sp³-hybridized carbons (Fsp3) is 0.933. The highest BCUT2D eigenvalue weighted by molar-refractivity contribution is 5.81. The van der Waals surface area contributed by atoms with Crippen molar-refractivity contribution in [3.63, 3.8) is 0 Å². The van der Waals surface area contributed by atoms with Crippen LogP contribution in [0.4, 0.5) is 0 Å². The lowest BCUT2D eigenvalue weighted by atomic mass is 9.84. The van der Waals surface area contributed by atoms with E-state index >= 15 is 0 Å². The zero-order chi connectivity index (χ0) is 14.4. The standard InChI is InChI=1S/C15H28N2O3/c1-3-16-15(14(18)19-2)7-4-5-13(15)6-8-17-9-11-20-12-10-17/h13,16H,3-12H2,1-2H3. The Morgan fingerprint density at radius 2 is 2.20 bits per heavy atom. The van der Waals surface area contributed by atoms with E-state index in [2.05, 4.69) is 17.1 Å². The summed E-state index contributed by atoms with van der Waals surface area (Å²) >= 11 is 0. The van der Waals surface area contributed by atoms with Crippen LogP contribution in [0.5, 0.6) is 0 Å². The molecule has 0 amide bonds. The van der Waals surface area contributed by atoms with E-state index in [0.29, 0.717) is 5.92 Å². The number of likely N-dealkylation sites (N-methyl/N-ethyl adjacent to an activating group) is 1. The number of carbonyl (C=O) groups is 1. The molecule has 0 bridgehead atoms. The summed E-state index contributed by atoms with van der Waals surface area (Å²) in [6.07, 6.45) is 4.19. The number of esters is 1. The Morgan fingerprint density at radius 3 is 2.85 bits per heavy atom. The van der Waals surface area contributed by atoms with Crippen LogP contribution in [0, 0.1) is 5.92 Å². The number of hydrogen-bond acceptors (Lipinski definition) is 5. The average Bonchev–Trinajstić information content (AvgIpc) is 2.89. The van der Waals surface area contributed by atoms with Gasteiger partial charge in [-0.15, -0.1) is 0 Å². The summed E-state index contributed by atoms with van der Waals surface area (Å²) in [7, 11) is 1.50. The van der Waals surface area contributed by atoms with Crippen molar-refractivity contribution in [3.05, 3.63) is 0 Å². The van der Waals surface area contributed by atoms with Gasteiger partial charge in [0.05, 0.1) is 20.3 Å². The highest BCUT2D eigenvalue weighted by Gasteiger charge is 2.49. The molecule has 2 atom stereocenters. The molecule has 5 nitrogen and oxygen atoms in total. The molecule has 2 rings (SSSR count). The third kappa shape index (κ3) is 3.32. The Balaban J connectivity index is 1.94. The average molecular weight is 284 g/mol.